The Hall–Kier alpha value is -1.63. The van der Waals surface area contributed by atoms with Gasteiger partial charge in [-0.15, -0.1) is 0 Å². The highest BCUT2D eigenvalue weighted by atomic mass is 16.8. The van der Waals surface area contributed by atoms with Crippen molar-refractivity contribution in [2.75, 3.05) is 19.8 Å². The number of rotatable bonds is 13. The zero-order valence-electron chi connectivity index (χ0n) is 35.8. The van der Waals surface area contributed by atoms with Gasteiger partial charge < -0.3 is 109 Å². The number of ether oxygens (including phenoxy) is 8. The van der Waals surface area contributed by atoms with Crippen molar-refractivity contribution < 1.29 is 114 Å². The summed E-state index contributed by atoms with van der Waals surface area (Å²) >= 11 is 0. The molecule has 374 valence electrons. The van der Waals surface area contributed by atoms with Crippen molar-refractivity contribution >= 4 is 5.97 Å². The summed E-state index contributed by atoms with van der Waals surface area (Å²) in [7, 11) is 0. The van der Waals surface area contributed by atoms with Crippen LogP contribution in [0.25, 0.3) is 0 Å². The molecule has 24 unspecified atom stereocenters. The van der Waals surface area contributed by atoms with Crippen LogP contribution in [0.15, 0.2) is 12.2 Å². The van der Waals surface area contributed by atoms with Crippen LogP contribution >= 0.6 is 0 Å². The minimum absolute atomic E-state index is 0.0210. The summed E-state index contributed by atoms with van der Waals surface area (Å²) in [6.45, 7) is -2.13. The zero-order valence-corrected chi connectivity index (χ0v) is 35.8. The highest BCUT2D eigenvalue weighted by Crippen LogP contribution is 2.45. The Morgan fingerprint density at radius 2 is 1.11 bits per heavy atom. The van der Waals surface area contributed by atoms with Crippen LogP contribution in [0.3, 0.4) is 0 Å². The Bertz CT molecular complexity index is 1530. The summed E-state index contributed by atoms with van der Waals surface area (Å²) in [5, 5.41) is 148. The van der Waals surface area contributed by atoms with Crippen LogP contribution in [0.4, 0.5) is 0 Å². The quantitative estimate of drug-likeness (QED) is 0.0604. The SMILES string of the molecule is O=C(C=CC1CCC(O)CC1)OCC1OC(OC2CC3C(OC4OC(CO)C(O)C(O)C4O)CC(O)CC3OC2C2CCC(O)C(O)C2)C(OC2OC(CO)C(O)C(O)C2O)C(O)C1O. The first-order valence-electron chi connectivity index (χ1n) is 22.8. The first-order valence-corrected chi connectivity index (χ1v) is 22.8. The molecule has 23 nitrogen and oxygen atoms in total. The second-order valence-corrected chi connectivity index (χ2v) is 18.8. The molecule has 0 spiro atoms. The fourth-order valence-corrected chi connectivity index (χ4v) is 10.4. The Kier molecular flexibility index (Phi) is 17.7. The summed E-state index contributed by atoms with van der Waals surface area (Å²) in [6, 6.07) is 0. The van der Waals surface area contributed by atoms with E-state index in [1.54, 1.807) is 6.08 Å². The molecule has 0 aromatic heterocycles. The third-order valence-electron chi connectivity index (χ3n) is 14.3. The standard InChI is InChI=1S/C42H68O23/c43-13-26-30(50)33(53)36(56)40(62-26)60-24-11-19(46)10-23-20(24)12-25(38(59-23)17-4-7-21(47)22(48)9-17)61-42-39(65-41-37(57)34(54)31(51)27(14-44)63-41)35(55)32(52)28(64-42)15-58-29(49)8-3-16-1-5-18(45)6-2-16/h3,8,16-28,30-48,50-57H,1-2,4-7,9-15H2. The third-order valence-corrected chi connectivity index (χ3v) is 14.3. The Labute approximate surface area is 374 Å². The molecule has 4 aliphatic heterocycles. The van der Waals surface area contributed by atoms with Crippen LogP contribution in [0, 0.1) is 17.8 Å². The number of hydrogen-bond donors (Lipinski definition) is 14. The van der Waals surface area contributed by atoms with Gasteiger partial charge in [0.2, 0.25) is 0 Å². The van der Waals surface area contributed by atoms with Crippen molar-refractivity contribution in [2.45, 2.75) is 205 Å². The van der Waals surface area contributed by atoms with Gasteiger partial charge in [0.25, 0.3) is 0 Å². The number of aliphatic hydroxyl groups excluding tert-OH is 14. The molecule has 0 bridgehead atoms. The average Bonchev–Trinajstić information content (AvgIpc) is 3.29. The Morgan fingerprint density at radius 1 is 0.523 bits per heavy atom. The molecule has 0 aromatic carbocycles. The predicted octanol–water partition coefficient (Wildman–Crippen LogP) is -5.71. The molecule has 65 heavy (non-hydrogen) atoms. The number of carbonyl (C=O) groups excluding carboxylic acids is 1. The molecule has 23 heteroatoms. The van der Waals surface area contributed by atoms with Crippen molar-refractivity contribution in [3.05, 3.63) is 12.2 Å². The fourth-order valence-electron chi connectivity index (χ4n) is 10.4. The van der Waals surface area contributed by atoms with E-state index in [9.17, 15) is 76.3 Å². The van der Waals surface area contributed by atoms with Crippen LogP contribution in [0.2, 0.25) is 0 Å². The van der Waals surface area contributed by atoms with Crippen LogP contribution < -0.4 is 0 Å². The van der Waals surface area contributed by atoms with E-state index in [1.807, 2.05) is 0 Å². The van der Waals surface area contributed by atoms with Crippen LogP contribution in [0.5, 0.6) is 0 Å². The maximum absolute atomic E-state index is 12.9. The lowest BCUT2D eigenvalue weighted by molar-refractivity contribution is -0.380. The predicted molar refractivity (Wildman–Crippen MR) is 212 cm³/mol. The molecule has 0 amide bonds. The summed E-state index contributed by atoms with van der Waals surface area (Å²) in [6.07, 6.45) is -26.8. The molecule has 7 aliphatic rings. The second kappa shape index (κ2) is 22.4. The highest BCUT2D eigenvalue weighted by molar-refractivity contribution is 5.81. The maximum atomic E-state index is 12.9. The van der Waals surface area contributed by atoms with E-state index in [4.69, 9.17) is 37.9 Å². The number of esters is 1. The van der Waals surface area contributed by atoms with Gasteiger partial charge in [0.15, 0.2) is 18.9 Å². The van der Waals surface area contributed by atoms with Crippen molar-refractivity contribution in [3.63, 3.8) is 0 Å². The van der Waals surface area contributed by atoms with Crippen LogP contribution in [-0.4, -0.2) is 238 Å². The van der Waals surface area contributed by atoms with Crippen LogP contribution in [-0.2, 0) is 42.7 Å². The van der Waals surface area contributed by atoms with Gasteiger partial charge in [0.1, 0.15) is 79.9 Å². The van der Waals surface area contributed by atoms with Gasteiger partial charge >= 0.3 is 5.97 Å². The smallest absolute Gasteiger partial charge is 0.330 e. The third kappa shape index (κ3) is 11.7. The van der Waals surface area contributed by atoms with Gasteiger partial charge in [0.05, 0.1) is 62.0 Å². The largest absolute Gasteiger partial charge is 0.460 e. The van der Waals surface area contributed by atoms with Gasteiger partial charge in [-0.1, -0.05) is 6.08 Å². The van der Waals surface area contributed by atoms with Crippen molar-refractivity contribution in [2.24, 2.45) is 17.8 Å². The first-order chi connectivity index (χ1) is 31.0. The van der Waals surface area contributed by atoms with Crippen molar-refractivity contribution in [1.29, 1.82) is 0 Å². The first kappa shape index (κ1) is 51.2. The van der Waals surface area contributed by atoms with E-state index in [0.29, 0.717) is 32.1 Å². The maximum Gasteiger partial charge on any atom is 0.330 e. The number of fused-ring (bicyclic) bond motifs is 1. The molecule has 4 heterocycles. The molecular formula is C42H68O23. The minimum Gasteiger partial charge on any atom is -0.460 e. The lowest BCUT2D eigenvalue weighted by Gasteiger charge is -2.53. The van der Waals surface area contributed by atoms with Gasteiger partial charge in [-0.05, 0) is 69.6 Å². The summed E-state index contributed by atoms with van der Waals surface area (Å²) < 4.78 is 48.4. The van der Waals surface area contributed by atoms with E-state index in [1.165, 1.54) is 6.08 Å². The summed E-state index contributed by atoms with van der Waals surface area (Å²) in [4.78, 5) is 12.9. The van der Waals surface area contributed by atoms with Crippen LogP contribution in [0.1, 0.15) is 64.2 Å². The fraction of sp³-hybridized carbons (Fsp3) is 0.929. The lowest BCUT2D eigenvalue weighted by Crippen LogP contribution is -2.66. The van der Waals surface area contributed by atoms with Crippen molar-refractivity contribution in [1.82, 2.24) is 0 Å². The molecule has 0 aromatic rings. The Morgan fingerprint density at radius 3 is 1.72 bits per heavy atom. The molecule has 3 aliphatic carbocycles. The molecule has 3 saturated carbocycles. The average molecular weight is 941 g/mol. The monoisotopic (exact) mass is 940 g/mol. The second-order valence-electron chi connectivity index (χ2n) is 18.8. The summed E-state index contributed by atoms with van der Waals surface area (Å²) in [5.74, 6) is -1.90. The van der Waals surface area contributed by atoms with E-state index in [-0.39, 0.29) is 38.0 Å². The lowest BCUT2D eigenvalue weighted by atomic mass is 9.72. The van der Waals surface area contributed by atoms with E-state index < -0.39 is 179 Å². The van der Waals surface area contributed by atoms with E-state index in [2.05, 4.69) is 0 Å². The van der Waals surface area contributed by atoms with Crippen molar-refractivity contribution in [3.8, 4) is 0 Å². The number of allylic oxidation sites excluding steroid dienone is 1. The number of hydrogen-bond acceptors (Lipinski definition) is 23. The Balaban J connectivity index is 1.16. The molecule has 4 saturated heterocycles. The molecular weight excluding hydrogens is 872 g/mol. The molecule has 24 atom stereocenters. The topological polar surface area (TPSA) is 374 Å². The zero-order chi connectivity index (χ0) is 46.9. The molecule has 7 fully saturated rings. The van der Waals surface area contributed by atoms with E-state index in [0.717, 1.165) is 0 Å². The number of aliphatic hydroxyl groups is 14. The van der Waals surface area contributed by atoms with Gasteiger partial charge in [-0.2, -0.15) is 0 Å². The van der Waals surface area contributed by atoms with Gasteiger partial charge in [-0.3, -0.25) is 0 Å². The molecule has 14 N–H and O–H groups in total. The highest BCUT2D eigenvalue weighted by Gasteiger charge is 2.56. The van der Waals surface area contributed by atoms with E-state index >= 15 is 0 Å². The van der Waals surface area contributed by atoms with Gasteiger partial charge in [-0.25, -0.2) is 4.79 Å². The molecule has 0 radical (unpaired) electrons. The minimum atomic E-state index is -1.95. The number of carbonyl (C=O) groups is 1. The molecule has 7 rings (SSSR count). The van der Waals surface area contributed by atoms with Gasteiger partial charge in [0, 0.05) is 18.4 Å². The summed E-state index contributed by atoms with van der Waals surface area (Å²) in [5.41, 5.74) is 0. The normalized spacial score (nSPS) is 51.0.